The molecule has 0 radical (unpaired) electrons. The molecule has 0 aliphatic heterocycles. The van der Waals surface area contributed by atoms with Crippen LogP contribution >= 0.6 is 0 Å². The smallest absolute Gasteiger partial charge is 0.417 e. The molecule has 0 saturated heterocycles. The SMILES string of the molecule is CC(=O)NCCC(=O)c1c(-c2ccccc2C(F)(F)F)n(C)c2cc(O)c(C=O)cc12. The summed E-state index contributed by atoms with van der Waals surface area (Å²) < 4.78 is 42.5. The van der Waals surface area contributed by atoms with Crippen LogP contribution in [0.4, 0.5) is 13.2 Å². The lowest BCUT2D eigenvalue weighted by atomic mass is 9.96. The highest BCUT2D eigenvalue weighted by molar-refractivity contribution is 6.15. The lowest BCUT2D eigenvalue weighted by molar-refractivity contribution is -0.137. The van der Waals surface area contributed by atoms with Crippen molar-refractivity contribution in [2.24, 2.45) is 7.05 Å². The molecular formula is C22H19F3N2O4. The fourth-order valence-electron chi connectivity index (χ4n) is 3.59. The maximum atomic E-state index is 13.7. The number of aldehydes is 1. The lowest BCUT2D eigenvalue weighted by Crippen LogP contribution is -2.23. The number of fused-ring (bicyclic) bond motifs is 1. The number of phenolic OH excluding ortho intramolecular Hbond substituents is 1. The number of nitrogens with one attached hydrogen (secondary N) is 1. The number of aryl methyl sites for hydroxylation is 1. The number of halogens is 3. The van der Waals surface area contributed by atoms with Gasteiger partial charge in [0.05, 0.1) is 27.9 Å². The molecule has 0 bridgehead atoms. The molecule has 0 saturated carbocycles. The van der Waals surface area contributed by atoms with Gasteiger partial charge in [0, 0.05) is 44.0 Å². The van der Waals surface area contributed by atoms with Crippen LogP contribution in [-0.4, -0.2) is 34.2 Å². The first-order valence-corrected chi connectivity index (χ1v) is 9.31. The summed E-state index contributed by atoms with van der Waals surface area (Å²) >= 11 is 0. The molecule has 2 N–H and O–H groups in total. The van der Waals surface area contributed by atoms with Crippen molar-refractivity contribution >= 4 is 28.9 Å². The number of ketones is 1. The summed E-state index contributed by atoms with van der Waals surface area (Å²) in [5.41, 5.74) is -0.927. The minimum absolute atomic E-state index is 0.00351. The van der Waals surface area contributed by atoms with E-state index in [4.69, 9.17) is 0 Å². The molecule has 162 valence electrons. The molecule has 0 aliphatic carbocycles. The number of rotatable bonds is 6. The second-order valence-electron chi connectivity index (χ2n) is 7.03. The number of benzene rings is 2. The molecule has 6 nitrogen and oxygen atoms in total. The number of carbonyl (C=O) groups excluding carboxylic acids is 3. The summed E-state index contributed by atoms with van der Waals surface area (Å²) in [6.07, 6.45) is -4.42. The van der Waals surface area contributed by atoms with E-state index < -0.39 is 17.5 Å². The molecule has 0 atom stereocenters. The van der Waals surface area contributed by atoms with Crippen molar-refractivity contribution in [3.8, 4) is 17.0 Å². The van der Waals surface area contributed by atoms with E-state index in [1.54, 1.807) is 0 Å². The van der Waals surface area contributed by atoms with E-state index >= 15 is 0 Å². The number of aromatic nitrogens is 1. The predicted molar refractivity (Wildman–Crippen MR) is 108 cm³/mol. The van der Waals surface area contributed by atoms with Crippen molar-refractivity contribution in [1.82, 2.24) is 9.88 Å². The number of alkyl halides is 3. The zero-order valence-corrected chi connectivity index (χ0v) is 16.7. The van der Waals surface area contributed by atoms with E-state index in [0.29, 0.717) is 6.29 Å². The normalized spacial score (nSPS) is 11.5. The molecule has 0 unspecified atom stereocenters. The highest BCUT2D eigenvalue weighted by Gasteiger charge is 2.35. The third-order valence-corrected chi connectivity index (χ3v) is 4.97. The largest absolute Gasteiger partial charge is 0.507 e. The van der Waals surface area contributed by atoms with Crippen molar-refractivity contribution in [3.63, 3.8) is 0 Å². The second-order valence-corrected chi connectivity index (χ2v) is 7.03. The molecule has 1 amide bonds. The third-order valence-electron chi connectivity index (χ3n) is 4.97. The second kappa shape index (κ2) is 8.25. The maximum absolute atomic E-state index is 13.7. The van der Waals surface area contributed by atoms with Crippen LogP contribution in [0.2, 0.25) is 0 Å². The van der Waals surface area contributed by atoms with Gasteiger partial charge in [0.2, 0.25) is 5.91 Å². The van der Waals surface area contributed by atoms with Gasteiger partial charge in [-0.1, -0.05) is 18.2 Å². The number of phenols is 1. The Morgan fingerprint density at radius 3 is 2.48 bits per heavy atom. The lowest BCUT2D eigenvalue weighted by Gasteiger charge is -2.15. The summed E-state index contributed by atoms with van der Waals surface area (Å²) in [6, 6.07) is 7.40. The van der Waals surface area contributed by atoms with E-state index in [9.17, 15) is 32.7 Å². The summed E-state index contributed by atoms with van der Waals surface area (Å²) in [7, 11) is 1.48. The number of carbonyl (C=O) groups is 3. The van der Waals surface area contributed by atoms with Gasteiger partial charge in [0.15, 0.2) is 12.1 Å². The molecule has 0 fully saturated rings. The molecule has 9 heteroatoms. The molecule has 1 heterocycles. The first-order valence-electron chi connectivity index (χ1n) is 9.31. The van der Waals surface area contributed by atoms with E-state index in [2.05, 4.69) is 5.32 Å². The van der Waals surface area contributed by atoms with E-state index in [1.807, 2.05) is 0 Å². The Balaban J connectivity index is 2.33. The standard InChI is InChI=1S/C22H19F3N2O4/c1-12(29)26-8-7-18(30)20-15-9-13(11-28)19(31)10-17(15)27(2)21(20)14-5-3-4-6-16(14)22(23,24)25/h3-6,9-11,31H,7-8H2,1-2H3,(H,26,29). The van der Waals surface area contributed by atoms with Crippen LogP contribution in [0.15, 0.2) is 36.4 Å². The van der Waals surface area contributed by atoms with Gasteiger partial charge in [0.25, 0.3) is 0 Å². The van der Waals surface area contributed by atoms with Crippen molar-refractivity contribution in [1.29, 1.82) is 0 Å². The fraction of sp³-hybridized carbons (Fsp3) is 0.227. The predicted octanol–water partition coefficient (Wildman–Crippen LogP) is 4.09. The van der Waals surface area contributed by atoms with E-state index in [-0.39, 0.29) is 57.9 Å². The third kappa shape index (κ3) is 4.16. The Kier molecular flexibility index (Phi) is 5.88. The van der Waals surface area contributed by atoms with Gasteiger partial charge in [-0.05, 0) is 12.1 Å². The van der Waals surface area contributed by atoms with Crippen molar-refractivity contribution in [2.45, 2.75) is 19.5 Å². The highest BCUT2D eigenvalue weighted by atomic mass is 19.4. The summed E-state index contributed by atoms with van der Waals surface area (Å²) in [5.74, 6) is -1.20. The van der Waals surface area contributed by atoms with Crippen molar-refractivity contribution in [2.75, 3.05) is 6.54 Å². The zero-order valence-electron chi connectivity index (χ0n) is 16.7. The topological polar surface area (TPSA) is 88.4 Å². The van der Waals surface area contributed by atoms with Crippen LogP contribution in [0, 0.1) is 0 Å². The minimum atomic E-state index is -4.67. The van der Waals surface area contributed by atoms with Crippen LogP contribution in [0.5, 0.6) is 5.75 Å². The van der Waals surface area contributed by atoms with Crippen LogP contribution in [0.1, 0.15) is 39.6 Å². The monoisotopic (exact) mass is 432 g/mol. The first-order chi connectivity index (χ1) is 14.6. The van der Waals surface area contributed by atoms with Crippen LogP contribution in [-0.2, 0) is 18.0 Å². The molecule has 31 heavy (non-hydrogen) atoms. The van der Waals surface area contributed by atoms with Gasteiger partial charge in [-0.2, -0.15) is 13.2 Å². The average molecular weight is 432 g/mol. The Morgan fingerprint density at radius 1 is 1.19 bits per heavy atom. The Labute approximate surface area is 175 Å². The Morgan fingerprint density at radius 2 is 1.87 bits per heavy atom. The molecule has 2 aromatic carbocycles. The van der Waals surface area contributed by atoms with Crippen LogP contribution < -0.4 is 5.32 Å². The fourth-order valence-corrected chi connectivity index (χ4v) is 3.59. The van der Waals surface area contributed by atoms with Gasteiger partial charge in [0.1, 0.15) is 5.75 Å². The molecular weight excluding hydrogens is 413 g/mol. The molecule has 1 aromatic heterocycles. The summed E-state index contributed by atoms with van der Waals surface area (Å²) in [5, 5.41) is 12.8. The number of aromatic hydroxyl groups is 1. The first kappa shape index (κ1) is 22.1. The zero-order chi connectivity index (χ0) is 22.9. The number of hydrogen-bond donors (Lipinski definition) is 2. The summed E-state index contributed by atoms with van der Waals surface area (Å²) in [6.45, 7) is 1.29. The summed E-state index contributed by atoms with van der Waals surface area (Å²) in [4.78, 5) is 35.5. The van der Waals surface area contributed by atoms with Crippen molar-refractivity contribution < 1.29 is 32.7 Å². The Hall–Kier alpha value is -3.62. The van der Waals surface area contributed by atoms with Gasteiger partial charge < -0.3 is 15.0 Å². The maximum Gasteiger partial charge on any atom is 0.417 e. The Bertz CT molecular complexity index is 1200. The van der Waals surface area contributed by atoms with E-state index in [1.165, 1.54) is 48.9 Å². The van der Waals surface area contributed by atoms with E-state index in [0.717, 1.165) is 6.07 Å². The number of Topliss-reactive ketones (excluding diaryl/α,β-unsaturated/α-hetero) is 1. The molecule has 3 rings (SSSR count). The highest BCUT2D eigenvalue weighted by Crippen LogP contribution is 2.42. The van der Waals surface area contributed by atoms with Crippen LogP contribution in [0.25, 0.3) is 22.2 Å². The van der Waals surface area contributed by atoms with Gasteiger partial charge in [-0.3, -0.25) is 14.4 Å². The molecule has 0 spiro atoms. The van der Waals surface area contributed by atoms with Crippen LogP contribution in [0.3, 0.4) is 0 Å². The molecule has 0 aliphatic rings. The number of nitrogens with zero attached hydrogens (tertiary/aromatic N) is 1. The van der Waals surface area contributed by atoms with Crippen molar-refractivity contribution in [3.05, 3.63) is 53.1 Å². The van der Waals surface area contributed by atoms with Gasteiger partial charge >= 0.3 is 6.18 Å². The average Bonchev–Trinajstić information content (AvgIpc) is 2.98. The van der Waals surface area contributed by atoms with Gasteiger partial charge in [-0.15, -0.1) is 0 Å². The number of amides is 1. The molecule has 3 aromatic rings. The van der Waals surface area contributed by atoms with Gasteiger partial charge in [-0.25, -0.2) is 0 Å². The minimum Gasteiger partial charge on any atom is -0.507 e. The number of hydrogen-bond acceptors (Lipinski definition) is 4. The quantitative estimate of drug-likeness (QED) is 0.454.